The number of hydrogen-bond donors (Lipinski definition) is 2. The van der Waals surface area contributed by atoms with Crippen molar-refractivity contribution in [2.24, 2.45) is 5.41 Å². The second-order valence-electron chi connectivity index (χ2n) is 6.30. The van der Waals surface area contributed by atoms with E-state index in [1.807, 2.05) is 12.1 Å². The minimum absolute atomic E-state index is 0.0187. The second kappa shape index (κ2) is 6.94. The fourth-order valence-corrected chi connectivity index (χ4v) is 4.15. The molecule has 0 bridgehead atoms. The van der Waals surface area contributed by atoms with E-state index >= 15 is 0 Å². The van der Waals surface area contributed by atoms with Gasteiger partial charge in [-0.3, -0.25) is 0 Å². The Morgan fingerprint density at radius 1 is 1.17 bits per heavy atom. The van der Waals surface area contributed by atoms with Gasteiger partial charge in [0.2, 0.25) is 0 Å². The van der Waals surface area contributed by atoms with Gasteiger partial charge in [-0.05, 0) is 59.7 Å². The Kier molecular flexibility index (Phi) is 4.91. The predicted molar refractivity (Wildman–Crippen MR) is 91.8 cm³/mol. The molecule has 0 unspecified atom stereocenters. The molecule has 2 N–H and O–H groups in total. The van der Waals surface area contributed by atoms with Crippen LogP contribution in [0.4, 0.5) is 4.39 Å². The summed E-state index contributed by atoms with van der Waals surface area (Å²) in [4.78, 5) is 0.958. The van der Waals surface area contributed by atoms with Crippen molar-refractivity contribution in [1.29, 1.82) is 5.26 Å². The molecule has 0 spiro atoms. The lowest BCUT2D eigenvalue weighted by atomic mass is 10.0. The molecule has 1 fully saturated rings. The van der Waals surface area contributed by atoms with Crippen LogP contribution in [-0.4, -0.2) is 22.3 Å². The molecule has 3 nitrogen and oxygen atoms in total. The molecular formula is C19H18FNO2S. The number of nitrogens with zero attached hydrogens (tertiary/aromatic N) is 1. The maximum absolute atomic E-state index is 13.7. The van der Waals surface area contributed by atoms with E-state index in [1.165, 1.54) is 12.1 Å². The van der Waals surface area contributed by atoms with Gasteiger partial charge in [-0.15, -0.1) is 11.8 Å². The molecule has 0 radical (unpaired) electrons. The molecule has 0 saturated heterocycles. The third kappa shape index (κ3) is 3.96. The molecule has 1 saturated carbocycles. The summed E-state index contributed by atoms with van der Waals surface area (Å²) in [7, 11) is 0. The quantitative estimate of drug-likeness (QED) is 0.616. The maximum atomic E-state index is 13.7. The standard InChI is InChI=1S/C19H18FNO2S/c20-15-5-6-17(24-12-19(7-8-19)10-18(22)23)16(9-15)14-3-1-13(11-21)2-4-14/h1-6,9,18,22-23H,7-8,10,12H2. The first kappa shape index (κ1) is 17.0. The summed E-state index contributed by atoms with van der Waals surface area (Å²) >= 11 is 1.62. The summed E-state index contributed by atoms with van der Waals surface area (Å²) in [5, 5.41) is 27.3. The van der Waals surface area contributed by atoms with E-state index in [1.54, 1.807) is 30.0 Å². The van der Waals surface area contributed by atoms with Crippen molar-refractivity contribution in [3.8, 4) is 17.2 Å². The number of aliphatic hydroxyl groups is 2. The molecule has 2 aromatic rings. The molecule has 0 heterocycles. The monoisotopic (exact) mass is 343 g/mol. The highest BCUT2D eigenvalue weighted by atomic mass is 32.2. The molecule has 1 aliphatic carbocycles. The number of rotatable bonds is 6. The van der Waals surface area contributed by atoms with Gasteiger partial charge in [0.15, 0.2) is 6.29 Å². The van der Waals surface area contributed by atoms with E-state index in [9.17, 15) is 14.6 Å². The lowest BCUT2D eigenvalue weighted by Gasteiger charge is -2.17. The van der Waals surface area contributed by atoms with Crippen molar-refractivity contribution in [1.82, 2.24) is 0 Å². The van der Waals surface area contributed by atoms with Gasteiger partial charge >= 0.3 is 0 Å². The second-order valence-corrected chi connectivity index (χ2v) is 7.32. The third-order valence-electron chi connectivity index (χ3n) is 4.37. The minimum Gasteiger partial charge on any atom is -0.368 e. The number of hydrogen-bond acceptors (Lipinski definition) is 4. The number of thioether (sulfide) groups is 1. The summed E-state index contributed by atoms with van der Waals surface area (Å²) < 4.78 is 13.7. The van der Waals surface area contributed by atoms with Crippen molar-refractivity contribution in [2.45, 2.75) is 30.4 Å². The first-order valence-electron chi connectivity index (χ1n) is 7.80. The van der Waals surface area contributed by atoms with Crippen LogP contribution < -0.4 is 0 Å². The Morgan fingerprint density at radius 2 is 1.88 bits per heavy atom. The summed E-state index contributed by atoms with van der Waals surface area (Å²) in [6, 6.07) is 13.9. The Hall–Kier alpha value is -1.87. The Labute approximate surface area is 144 Å². The lowest BCUT2D eigenvalue weighted by Crippen LogP contribution is -2.15. The molecule has 1 aliphatic rings. The summed E-state index contributed by atoms with van der Waals surface area (Å²) in [5.74, 6) is 0.477. The molecule has 5 heteroatoms. The zero-order valence-electron chi connectivity index (χ0n) is 13.1. The molecule has 3 rings (SSSR count). The molecule has 2 aromatic carbocycles. The van der Waals surface area contributed by atoms with Crippen LogP contribution in [0.2, 0.25) is 0 Å². The zero-order chi connectivity index (χ0) is 17.2. The van der Waals surface area contributed by atoms with Crippen LogP contribution >= 0.6 is 11.8 Å². The van der Waals surface area contributed by atoms with E-state index in [0.717, 1.165) is 34.6 Å². The Bertz CT molecular complexity index is 764. The van der Waals surface area contributed by atoms with E-state index in [-0.39, 0.29) is 11.2 Å². The third-order valence-corrected chi connectivity index (χ3v) is 5.80. The van der Waals surface area contributed by atoms with E-state index in [4.69, 9.17) is 5.26 Å². The summed E-state index contributed by atoms with van der Waals surface area (Å²) in [5.41, 5.74) is 2.21. The first-order chi connectivity index (χ1) is 11.5. The van der Waals surface area contributed by atoms with Gasteiger partial charge in [0.1, 0.15) is 5.82 Å². The Morgan fingerprint density at radius 3 is 2.46 bits per heavy atom. The van der Waals surface area contributed by atoms with Gasteiger partial charge in [0.05, 0.1) is 11.6 Å². The number of halogens is 1. The average molecular weight is 343 g/mol. The Balaban J connectivity index is 1.82. The van der Waals surface area contributed by atoms with Crippen LogP contribution in [0.5, 0.6) is 0 Å². The maximum Gasteiger partial charge on any atom is 0.152 e. The zero-order valence-corrected chi connectivity index (χ0v) is 13.9. The van der Waals surface area contributed by atoms with Crippen LogP contribution in [0.15, 0.2) is 47.4 Å². The molecule has 24 heavy (non-hydrogen) atoms. The van der Waals surface area contributed by atoms with Crippen molar-refractivity contribution in [3.63, 3.8) is 0 Å². The summed E-state index contributed by atoms with van der Waals surface area (Å²) in [6.45, 7) is 0. The highest BCUT2D eigenvalue weighted by Crippen LogP contribution is 2.53. The van der Waals surface area contributed by atoms with Gasteiger partial charge in [-0.1, -0.05) is 12.1 Å². The molecule has 0 amide bonds. The predicted octanol–water partition coefficient (Wildman–Crippen LogP) is 3.94. The van der Waals surface area contributed by atoms with Crippen molar-refractivity contribution >= 4 is 11.8 Å². The average Bonchev–Trinajstić information content (AvgIpc) is 3.32. The molecule has 0 aromatic heterocycles. The summed E-state index contributed by atoms with van der Waals surface area (Å²) in [6.07, 6.45) is 1.09. The lowest BCUT2D eigenvalue weighted by molar-refractivity contribution is -0.0568. The van der Waals surface area contributed by atoms with Crippen molar-refractivity contribution in [3.05, 3.63) is 53.8 Å². The van der Waals surface area contributed by atoms with Crippen LogP contribution in [0.25, 0.3) is 11.1 Å². The van der Waals surface area contributed by atoms with Gasteiger partial charge in [-0.2, -0.15) is 5.26 Å². The van der Waals surface area contributed by atoms with Crippen molar-refractivity contribution < 1.29 is 14.6 Å². The van der Waals surface area contributed by atoms with Gasteiger partial charge < -0.3 is 10.2 Å². The normalized spacial score (nSPS) is 15.3. The fourth-order valence-electron chi connectivity index (χ4n) is 2.78. The SMILES string of the molecule is N#Cc1ccc(-c2cc(F)ccc2SCC2(CC(O)O)CC2)cc1. The van der Waals surface area contributed by atoms with E-state index in [0.29, 0.717) is 12.0 Å². The van der Waals surface area contributed by atoms with E-state index < -0.39 is 6.29 Å². The molecule has 124 valence electrons. The molecule has 0 aliphatic heterocycles. The highest BCUT2D eigenvalue weighted by molar-refractivity contribution is 7.99. The van der Waals surface area contributed by atoms with Gasteiger partial charge in [0, 0.05) is 17.1 Å². The van der Waals surface area contributed by atoms with Crippen molar-refractivity contribution in [2.75, 3.05) is 5.75 Å². The number of nitriles is 1. The van der Waals surface area contributed by atoms with Crippen LogP contribution in [0.3, 0.4) is 0 Å². The van der Waals surface area contributed by atoms with Gasteiger partial charge in [-0.25, -0.2) is 4.39 Å². The van der Waals surface area contributed by atoms with Gasteiger partial charge in [0.25, 0.3) is 0 Å². The molecule has 0 atom stereocenters. The molecular weight excluding hydrogens is 325 g/mol. The van der Waals surface area contributed by atoms with Crippen LogP contribution in [0, 0.1) is 22.6 Å². The first-order valence-corrected chi connectivity index (χ1v) is 8.79. The van der Waals surface area contributed by atoms with Crippen LogP contribution in [-0.2, 0) is 0 Å². The fraction of sp³-hybridized carbons (Fsp3) is 0.316. The van der Waals surface area contributed by atoms with E-state index in [2.05, 4.69) is 6.07 Å². The minimum atomic E-state index is -1.28. The largest absolute Gasteiger partial charge is 0.368 e. The number of benzene rings is 2. The topological polar surface area (TPSA) is 64.2 Å². The highest BCUT2D eigenvalue weighted by Gasteiger charge is 2.43. The smallest absolute Gasteiger partial charge is 0.152 e. The number of aliphatic hydroxyl groups excluding tert-OH is 1. The van der Waals surface area contributed by atoms with Crippen LogP contribution in [0.1, 0.15) is 24.8 Å².